The first kappa shape index (κ1) is 17.2. The summed E-state index contributed by atoms with van der Waals surface area (Å²) in [6, 6.07) is 1.67. The zero-order chi connectivity index (χ0) is 16.1. The molecule has 1 fully saturated rings. The molecule has 22 heavy (non-hydrogen) atoms. The summed E-state index contributed by atoms with van der Waals surface area (Å²) in [5.74, 6) is -0.528. The van der Waals surface area contributed by atoms with Gasteiger partial charge in [-0.05, 0) is 68.1 Å². The van der Waals surface area contributed by atoms with Crippen LogP contribution in [0, 0.1) is 24.5 Å². The fourth-order valence-corrected chi connectivity index (χ4v) is 3.70. The van der Waals surface area contributed by atoms with Gasteiger partial charge in [0, 0.05) is 0 Å². The first-order chi connectivity index (χ1) is 10.6. The minimum Gasteiger partial charge on any atom is -0.490 e. The normalized spacial score (nSPS) is 21.9. The third kappa shape index (κ3) is 3.80. The molecule has 0 amide bonds. The van der Waals surface area contributed by atoms with Gasteiger partial charge in [0.15, 0.2) is 11.6 Å². The lowest BCUT2D eigenvalue weighted by molar-refractivity contribution is 0.286. The minimum absolute atomic E-state index is 0.0558. The molecule has 0 N–H and O–H groups in total. The highest BCUT2D eigenvalue weighted by molar-refractivity contribution is 5.40. The fraction of sp³-hybridized carbons (Fsp3) is 0.684. The Bertz CT molecular complexity index is 491. The van der Waals surface area contributed by atoms with Crippen LogP contribution in [-0.4, -0.2) is 6.61 Å². The van der Waals surface area contributed by atoms with Crippen molar-refractivity contribution in [3.05, 3.63) is 28.8 Å². The van der Waals surface area contributed by atoms with Gasteiger partial charge in [0.25, 0.3) is 0 Å². The Labute approximate surface area is 133 Å². The predicted octanol–water partition coefficient (Wildman–Crippen LogP) is 6.14. The molecule has 0 atom stereocenters. The van der Waals surface area contributed by atoms with Crippen LogP contribution in [0.1, 0.15) is 75.8 Å². The lowest BCUT2D eigenvalue weighted by atomic mass is 9.76. The van der Waals surface area contributed by atoms with Gasteiger partial charge in [0.05, 0.1) is 6.61 Å². The highest BCUT2D eigenvalue weighted by Crippen LogP contribution is 2.41. The van der Waals surface area contributed by atoms with Crippen LogP contribution in [0.2, 0.25) is 0 Å². The molecule has 1 nitrogen and oxygen atoms in total. The topological polar surface area (TPSA) is 9.23 Å². The van der Waals surface area contributed by atoms with Crippen molar-refractivity contribution in [3.63, 3.8) is 0 Å². The van der Waals surface area contributed by atoms with Gasteiger partial charge in [-0.1, -0.05) is 26.7 Å². The minimum atomic E-state index is -0.815. The molecule has 2 rings (SSSR count). The summed E-state index contributed by atoms with van der Waals surface area (Å²) in [6.07, 6.45) is 7.45. The van der Waals surface area contributed by atoms with Crippen molar-refractivity contribution in [2.24, 2.45) is 5.92 Å². The van der Waals surface area contributed by atoms with Gasteiger partial charge in [-0.3, -0.25) is 0 Å². The molecule has 3 heteroatoms. The molecule has 1 saturated carbocycles. The van der Waals surface area contributed by atoms with Crippen LogP contribution in [0.4, 0.5) is 8.78 Å². The van der Waals surface area contributed by atoms with Crippen LogP contribution in [0.3, 0.4) is 0 Å². The van der Waals surface area contributed by atoms with Crippen LogP contribution < -0.4 is 4.74 Å². The van der Waals surface area contributed by atoms with E-state index in [1.807, 2.05) is 13.8 Å². The number of rotatable bonds is 6. The number of halogens is 2. The average Bonchev–Trinajstić information content (AvgIpc) is 2.51. The number of hydrogen-bond donors (Lipinski definition) is 0. The maximum absolute atomic E-state index is 14.5. The summed E-state index contributed by atoms with van der Waals surface area (Å²) in [6.45, 7) is 6.44. The van der Waals surface area contributed by atoms with E-state index in [0.29, 0.717) is 12.2 Å². The highest BCUT2D eigenvalue weighted by Gasteiger charge is 2.28. The summed E-state index contributed by atoms with van der Waals surface area (Å²) in [5.41, 5.74) is 1.40. The standard InChI is InChI=1S/C19H28F2O/c1-4-6-14-7-9-15(10-8-14)17-13(3)12-16(22-11-5-2)18(20)19(17)21/h12,14-15H,4-11H2,1-3H3. The first-order valence-corrected chi connectivity index (χ1v) is 8.69. The van der Waals surface area contributed by atoms with Gasteiger partial charge in [0.1, 0.15) is 0 Å². The third-order valence-corrected chi connectivity index (χ3v) is 4.83. The van der Waals surface area contributed by atoms with E-state index in [-0.39, 0.29) is 11.7 Å². The van der Waals surface area contributed by atoms with E-state index in [0.717, 1.165) is 43.6 Å². The van der Waals surface area contributed by atoms with E-state index in [4.69, 9.17) is 4.74 Å². The van der Waals surface area contributed by atoms with Crippen molar-refractivity contribution in [1.82, 2.24) is 0 Å². The molecule has 0 aromatic heterocycles. The van der Waals surface area contributed by atoms with Crippen LogP contribution in [-0.2, 0) is 0 Å². The number of benzene rings is 1. The van der Waals surface area contributed by atoms with Crippen molar-refractivity contribution in [1.29, 1.82) is 0 Å². The van der Waals surface area contributed by atoms with E-state index >= 15 is 0 Å². The van der Waals surface area contributed by atoms with Crippen molar-refractivity contribution < 1.29 is 13.5 Å². The Kier molecular flexibility index (Phi) is 6.22. The molecule has 0 saturated heterocycles. The quantitative estimate of drug-likeness (QED) is 0.613. The molecule has 0 heterocycles. The molecule has 1 aliphatic carbocycles. The smallest absolute Gasteiger partial charge is 0.200 e. The Morgan fingerprint density at radius 1 is 1.05 bits per heavy atom. The number of hydrogen-bond acceptors (Lipinski definition) is 1. The molecule has 0 bridgehead atoms. The Hall–Kier alpha value is -1.12. The molecular formula is C19H28F2O. The third-order valence-electron chi connectivity index (χ3n) is 4.83. The second-order valence-electron chi connectivity index (χ2n) is 6.59. The molecule has 0 aliphatic heterocycles. The maximum Gasteiger partial charge on any atom is 0.200 e. The second-order valence-corrected chi connectivity index (χ2v) is 6.59. The van der Waals surface area contributed by atoms with Crippen LogP contribution in [0.25, 0.3) is 0 Å². The van der Waals surface area contributed by atoms with Gasteiger partial charge in [-0.15, -0.1) is 0 Å². The van der Waals surface area contributed by atoms with Gasteiger partial charge in [-0.25, -0.2) is 4.39 Å². The summed E-state index contributed by atoms with van der Waals surface area (Å²) < 4.78 is 34.1. The predicted molar refractivity (Wildman–Crippen MR) is 86.5 cm³/mol. The molecule has 1 aromatic carbocycles. The van der Waals surface area contributed by atoms with Crippen LogP contribution in [0.5, 0.6) is 5.75 Å². The zero-order valence-electron chi connectivity index (χ0n) is 14.1. The van der Waals surface area contributed by atoms with Crippen LogP contribution >= 0.6 is 0 Å². The molecule has 124 valence electrons. The van der Waals surface area contributed by atoms with Gasteiger partial charge < -0.3 is 4.74 Å². The lowest BCUT2D eigenvalue weighted by Gasteiger charge is -2.30. The average molecular weight is 310 g/mol. The largest absolute Gasteiger partial charge is 0.490 e. The fourth-order valence-electron chi connectivity index (χ4n) is 3.70. The van der Waals surface area contributed by atoms with Crippen molar-refractivity contribution in [2.45, 2.75) is 71.6 Å². The monoisotopic (exact) mass is 310 g/mol. The second kappa shape index (κ2) is 7.94. The van der Waals surface area contributed by atoms with Crippen LogP contribution in [0.15, 0.2) is 6.07 Å². The summed E-state index contributed by atoms with van der Waals surface area (Å²) in [4.78, 5) is 0. The molecule has 0 radical (unpaired) electrons. The Morgan fingerprint density at radius 2 is 1.73 bits per heavy atom. The van der Waals surface area contributed by atoms with Gasteiger partial charge in [0.2, 0.25) is 5.82 Å². The Morgan fingerprint density at radius 3 is 2.32 bits per heavy atom. The summed E-state index contributed by atoms with van der Waals surface area (Å²) in [7, 11) is 0. The molecule has 1 aromatic rings. The van der Waals surface area contributed by atoms with E-state index in [9.17, 15) is 8.78 Å². The van der Waals surface area contributed by atoms with Crippen molar-refractivity contribution in [3.8, 4) is 5.75 Å². The van der Waals surface area contributed by atoms with Crippen molar-refractivity contribution >= 4 is 0 Å². The number of aryl methyl sites for hydroxylation is 1. The summed E-state index contributed by atoms with van der Waals surface area (Å²) in [5, 5.41) is 0. The molecule has 1 aliphatic rings. The SMILES string of the molecule is CCCOc1cc(C)c(C2CCC(CCC)CC2)c(F)c1F. The maximum atomic E-state index is 14.5. The molecular weight excluding hydrogens is 282 g/mol. The van der Waals surface area contributed by atoms with E-state index in [1.54, 1.807) is 6.07 Å². The van der Waals surface area contributed by atoms with Crippen molar-refractivity contribution in [2.75, 3.05) is 6.61 Å². The Balaban J connectivity index is 2.16. The van der Waals surface area contributed by atoms with Gasteiger partial charge >= 0.3 is 0 Å². The molecule has 0 spiro atoms. The summed E-state index contributed by atoms with van der Waals surface area (Å²) >= 11 is 0. The first-order valence-electron chi connectivity index (χ1n) is 8.69. The zero-order valence-corrected chi connectivity index (χ0v) is 14.1. The van der Waals surface area contributed by atoms with E-state index in [2.05, 4.69) is 6.92 Å². The number of ether oxygens (including phenoxy) is 1. The van der Waals surface area contributed by atoms with Gasteiger partial charge in [-0.2, -0.15) is 4.39 Å². The van der Waals surface area contributed by atoms with E-state index in [1.165, 1.54) is 12.8 Å². The lowest BCUT2D eigenvalue weighted by Crippen LogP contribution is -2.16. The molecule has 0 unspecified atom stereocenters. The highest BCUT2D eigenvalue weighted by atomic mass is 19.2. The van der Waals surface area contributed by atoms with E-state index < -0.39 is 11.6 Å².